The van der Waals surface area contributed by atoms with Crippen molar-refractivity contribution in [1.82, 2.24) is 4.98 Å². The average molecular weight is 410 g/mol. The van der Waals surface area contributed by atoms with Gasteiger partial charge in [0.15, 0.2) is 0 Å². The number of para-hydroxylation sites is 1. The molecule has 1 heterocycles. The van der Waals surface area contributed by atoms with Crippen LogP contribution in [0.3, 0.4) is 0 Å². The van der Waals surface area contributed by atoms with Gasteiger partial charge in [-0.1, -0.05) is 105 Å². The van der Waals surface area contributed by atoms with E-state index < -0.39 is 0 Å². The van der Waals surface area contributed by atoms with Crippen LogP contribution in [-0.2, 0) is 5.41 Å². The minimum atomic E-state index is 0.00643. The maximum atomic E-state index is 3.79. The Labute approximate surface area is 187 Å². The minimum Gasteiger partial charge on any atom is -0.353 e. The van der Waals surface area contributed by atoms with E-state index >= 15 is 0 Å². The molecule has 7 rings (SSSR count). The summed E-state index contributed by atoms with van der Waals surface area (Å²) in [6, 6.07) is 35.6. The largest absolute Gasteiger partial charge is 0.353 e. The predicted octanol–water partition coefficient (Wildman–Crippen LogP) is 8.45. The number of hydrogen-bond donors (Lipinski definition) is 1. The molecule has 1 aliphatic rings. The lowest BCUT2D eigenvalue weighted by molar-refractivity contribution is 0.660. The number of nitrogens with one attached hydrogen (secondary N) is 1. The van der Waals surface area contributed by atoms with Crippen LogP contribution in [0.1, 0.15) is 25.0 Å². The van der Waals surface area contributed by atoms with E-state index in [2.05, 4.69) is 116 Å². The number of H-pyrrole nitrogens is 1. The van der Waals surface area contributed by atoms with E-state index in [0.29, 0.717) is 0 Å². The van der Waals surface area contributed by atoms with Gasteiger partial charge in [-0.05, 0) is 39.3 Å². The third kappa shape index (κ3) is 2.23. The first kappa shape index (κ1) is 17.8. The molecule has 0 amide bonds. The highest BCUT2D eigenvalue weighted by Crippen LogP contribution is 2.49. The zero-order valence-corrected chi connectivity index (χ0v) is 18.2. The Morgan fingerprint density at radius 2 is 1.25 bits per heavy atom. The van der Waals surface area contributed by atoms with Gasteiger partial charge >= 0.3 is 0 Å². The summed E-state index contributed by atoms with van der Waals surface area (Å²) in [5, 5.41) is 5.11. The van der Waals surface area contributed by atoms with Crippen LogP contribution in [0.25, 0.3) is 54.8 Å². The topological polar surface area (TPSA) is 15.8 Å². The monoisotopic (exact) mass is 409 g/mol. The molecule has 0 unspecified atom stereocenters. The molecule has 0 bridgehead atoms. The number of benzene rings is 5. The zero-order valence-electron chi connectivity index (χ0n) is 18.2. The Bertz CT molecular complexity index is 1700. The molecular formula is C31H23N. The summed E-state index contributed by atoms with van der Waals surface area (Å²) in [7, 11) is 0. The van der Waals surface area contributed by atoms with Crippen molar-refractivity contribution < 1.29 is 0 Å². The molecule has 1 nitrogen and oxygen atoms in total. The molecule has 0 saturated heterocycles. The van der Waals surface area contributed by atoms with Gasteiger partial charge in [-0.25, -0.2) is 0 Å². The smallest absolute Gasteiger partial charge is 0.0544 e. The molecule has 0 aliphatic heterocycles. The molecule has 5 aromatic carbocycles. The Morgan fingerprint density at radius 1 is 0.531 bits per heavy atom. The van der Waals surface area contributed by atoms with Gasteiger partial charge in [-0.2, -0.15) is 0 Å². The first-order valence-electron chi connectivity index (χ1n) is 11.3. The molecule has 0 radical (unpaired) electrons. The molecule has 1 aliphatic carbocycles. The highest BCUT2D eigenvalue weighted by atomic mass is 14.7. The summed E-state index contributed by atoms with van der Waals surface area (Å²) in [5.74, 6) is 0. The molecule has 0 fully saturated rings. The highest BCUT2D eigenvalue weighted by molar-refractivity contribution is 6.19. The van der Waals surface area contributed by atoms with Crippen molar-refractivity contribution in [2.45, 2.75) is 19.3 Å². The normalized spacial score (nSPS) is 14.2. The van der Waals surface area contributed by atoms with Gasteiger partial charge in [-0.3, -0.25) is 0 Å². The van der Waals surface area contributed by atoms with Gasteiger partial charge < -0.3 is 4.98 Å². The van der Waals surface area contributed by atoms with E-state index in [9.17, 15) is 0 Å². The standard InChI is InChI=1S/C31H23N/c1-31(2)27-13-6-5-10-23(27)24-16-15-20(18-28(24)31)22-11-7-12-25-26-17-14-19-8-3-4-9-21(19)29(26)32-30(22)25/h3-18,32H,1-2H3. The Morgan fingerprint density at radius 3 is 2.19 bits per heavy atom. The van der Waals surface area contributed by atoms with E-state index in [1.807, 2.05) is 0 Å². The molecule has 32 heavy (non-hydrogen) atoms. The fraction of sp³-hybridized carbons (Fsp3) is 0.0968. The maximum absolute atomic E-state index is 3.79. The van der Waals surface area contributed by atoms with Crippen LogP contribution in [0.15, 0.2) is 97.1 Å². The van der Waals surface area contributed by atoms with Crippen molar-refractivity contribution in [1.29, 1.82) is 0 Å². The fourth-order valence-corrected chi connectivity index (χ4v) is 5.78. The van der Waals surface area contributed by atoms with Gasteiger partial charge in [0.1, 0.15) is 0 Å². The Balaban J connectivity index is 1.50. The summed E-state index contributed by atoms with van der Waals surface area (Å²) in [4.78, 5) is 3.79. The third-order valence-electron chi connectivity index (χ3n) is 7.43. The van der Waals surface area contributed by atoms with Crippen LogP contribution in [0.5, 0.6) is 0 Å². The summed E-state index contributed by atoms with van der Waals surface area (Å²) >= 11 is 0. The molecule has 0 saturated carbocycles. The Kier molecular flexibility index (Phi) is 3.40. The molecule has 0 atom stereocenters. The van der Waals surface area contributed by atoms with Crippen molar-refractivity contribution in [2.75, 3.05) is 0 Å². The number of hydrogen-bond acceptors (Lipinski definition) is 0. The van der Waals surface area contributed by atoms with E-state index in [4.69, 9.17) is 0 Å². The van der Waals surface area contributed by atoms with Crippen LogP contribution in [-0.4, -0.2) is 4.98 Å². The van der Waals surface area contributed by atoms with Gasteiger partial charge in [-0.15, -0.1) is 0 Å². The number of fused-ring (bicyclic) bond motifs is 8. The van der Waals surface area contributed by atoms with Crippen LogP contribution < -0.4 is 0 Å². The van der Waals surface area contributed by atoms with Crippen molar-refractivity contribution >= 4 is 32.6 Å². The average Bonchev–Trinajstić information content (AvgIpc) is 3.33. The lowest BCUT2D eigenvalue weighted by Crippen LogP contribution is -2.14. The minimum absolute atomic E-state index is 0.00643. The molecule has 6 aromatic rings. The van der Waals surface area contributed by atoms with Crippen LogP contribution in [0.4, 0.5) is 0 Å². The molecule has 152 valence electrons. The van der Waals surface area contributed by atoms with E-state index in [1.54, 1.807) is 0 Å². The van der Waals surface area contributed by atoms with Crippen molar-refractivity contribution in [2.24, 2.45) is 0 Å². The third-order valence-corrected chi connectivity index (χ3v) is 7.43. The lowest BCUT2D eigenvalue weighted by atomic mass is 9.81. The molecule has 1 N–H and O–H groups in total. The van der Waals surface area contributed by atoms with Gasteiger partial charge in [0, 0.05) is 27.1 Å². The molecule has 0 spiro atoms. The molecule has 1 aromatic heterocycles. The first-order valence-corrected chi connectivity index (χ1v) is 11.3. The summed E-state index contributed by atoms with van der Waals surface area (Å²) in [6.07, 6.45) is 0. The molecular weight excluding hydrogens is 386 g/mol. The number of aromatic amines is 1. The second-order valence-electron chi connectivity index (χ2n) is 9.49. The van der Waals surface area contributed by atoms with E-state index in [0.717, 1.165) is 0 Å². The van der Waals surface area contributed by atoms with Crippen molar-refractivity contribution in [3.63, 3.8) is 0 Å². The van der Waals surface area contributed by atoms with Crippen LogP contribution in [0.2, 0.25) is 0 Å². The van der Waals surface area contributed by atoms with Crippen LogP contribution in [0, 0.1) is 0 Å². The second-order valence-corrected chi connectivity index (χ2v) is 9.49. The maximum Gasteiger partial charge on any atom is 0.0544 e. The highest BCUT2D eigenvalue weighted by Gasteiger charge is 2.35. The summed E-state index contributed by atoms with van der Waals surface area (Å²) < 4.78 is 0. The number of aromatic nitrogens is 1. The Hall–Kier alpha value is -3.84. The fourth-order valence-electron chi connectivity index (χ4n) is 5.78. The van der Waals surface area contributed by atoms with E-state index in [1.165, 1.54) is 66.0 Å². The lowest BCUT2D eigenvalue weighted by Gasteiger charge is -2.22. The van der Waals surface area contributed by atoms with Crippen LogP contribution >= 0.6 is 0 Å². The zero-order chi connectivity index (χ0) is 21.4. The summed E-state index contributed by atoms with van der Waals surface area (Å²) in [5.41, 5.74) is 10.5. The summed E-state index contributed by atoms with van der Waals surface area (Å²) in [6.45, 7) is 4.69. The first-order chi connectivity index (χ1) is 15.6. The van der Waals surface area contributed by atoms with E-state index in [-0.39, 0.29) is 5.41 Å². The quantitative estimate of drug-likeness (QED) is 0.280. The second kappa shape index (κ2) is 6.11. The predicted molar refractivity (Wildman–Crippen MR) is 136 cm³/mol. The van der Waals surface area contributed by atoms with Gasteiger partial charge in [0.05, 0.1) is 11.0 Å². The number of rotatable bonds is 1. The SMILES string of the molecule is CC1(C)c2ccccc2-c2ccc(-c3cccc4c3[nH]c3c5ccccc5ccc43)cc21. The van der Waals surface area contributed by atoms with Crippen molar-refractivity contribution in [3.05, 3.63) is 108 Å². The van der Waals surface area contributed by atoms with Gasteiger partial charge in [0.2, 0.25) is 0 Å². The van der Waals surface area contributed by atoms with Crippen molar-refractivity contribution in [3.8, 4) is 22.3 Å². The molecule has 1 heteroatoms. The van der Waals surface area contributed by atoms with Gasteiger partial charge in [0.25, 0.3) is 0 Å².